The molecule has 8 saturated carbocycles. The zero-order chi connectivity index (χ0) is 45.2. The van der Waals surface area contributed by atoms with Crippen molar-refractivity contribution in [3.8, 4) is 27.9 Å². The zero-order valence-corrected chi connectivity index (χ0v) is 40.6. The zero-order valence-electron chi connectivity index (χ0n) is 39.8. The number of benzene rings is 8. The van der Waals surface area contributed by atoms with Crippen LogP contribution in [0.5, 0.6) is 0 Å². The predicted molar refractivity (Wildman–Crippen MR) is 295 cm³/mol. The monoisotopic (exact) mass is 918 g/mol. The first-order valence-corrected chi connectivity index (χ1v) is 27.9. The van der Waals surface area contributed by atoms with Crippen LogP contribution in [0.25, 0.3) is 80.7 Å². The molecule has 0 unspecified atom stereocenters. The van der Waals surface area contributed by atoms with Crippen LogP contribution in [-0.2, 0) is 10.8 Å². The lowest BCUT2D eigenvalue weighted by atomic mass is 9.42. The fourth-order valence-electron chi connectivity index (χ4n) is 18.8. The molecule has 2 aromatic heterocycles. The third-order valence-corrected chi connectivity index (χ3v) is 21.7. The molecule has 0 spiro atoms. The van der Waals surface area contributed by atoms with Crippen molar-refractivity contribution in [2.24, 2.45) is 35.5 Å². The van der Waals surface area contributed by atoms with Gasteiger partial charge in [0.1, 0.15) is 0 Å². The Morgan fingerprint density at radius 1 is 0.486 bits per heavy atom. The van der Waals surface area contributed by atoms with Crippen molar-refractivity contribution < 1.29 is 0 Å². The smallest absolute Gasteiger partial charge is 0.333 e. The van der Waals surface area contributed by atoms with E-state index >= 15 is 0 Å². The molecule has 8 fully saturated rings. The number of thiophene rings is 1. The maximum atomic E-state index is 2.83. The van der Waals surface area contributed by atoms with Crippen molar-refractivity contribution in [3.63, 3.8) is 0 Å². The van der Waals surface area contributed by atoms with Crippen LogP contribution in [0, 0.1) is 35.5 Å². The summed E-state index contributed by atoms with van der Waals surface area (Å²) in [5.74, 6) is 5.39. The maximum Gasteiger partial charge on any atom is 0.333 e. The van der Waals surface area contributed by atoms with Crippen LogP contribution in [-0.4, -0.2) is 11.4 Å². The molecule has 4 heterocycles. The standard InChI is InChI=1S/C66H55BN2S/c1-2-8-44(9-3-1)45-14-17-49(18-15-45)69-57-20-21-59-61(51-12-6-7-13-58(51)70-59)60(57)54-28-46-10-4-5-11-50(46)64-62(54)67(69)55-31-48(66-35-41-25-42(36-66)27-43(26-41)37-66)30-53-52-29-47(16-19-56(52)68(64)63(53)55)65-32-38-22-39(33-65)24-40(23-38)34-65/h1-21,28-31,38-43H,22-27,32-37H2. The van der Waals surface area contributed by atoms with E-state index in [0.717, 1.165) is 35.5 Å². The Morgan fingerprint density at radius 2 is 1.10 bits per heavy atom. The second kappa shape index (κ2) is 13.4. The number of aromatic nitrogens is 1. The van der Waals surface area contributed by atoms with Crippen LogP contribution in [0.15, 0.2) is 152 Å². The third-order valence-electron chi connectivity index (χ3n) is 20.6. The summed E-state index contributed by atoms with van der Waals surface area (Å²) in [7, 11) is 0. The average Bonchev–Trinajstić information content (AvgIpc) is 3.93. The van der Waals surface area contributed by atoms with E-state index in [1.54, 1.807) is 11.1 Å². The van der Waals surface area contributed by atoms with Crippen LogP contribution in [0.3, 0.4) is 0 Å². The number of anilines is 2. The van der Waals surface area contributed by atoms with Crippen molar-refractivity contribution in [2.75, 3.05) is 4.81 Å². The molecule has 8 aromatic carbocycles. The molecule has 0 saturated heterocycles. The molecule has 20 rings (SSSR count). The van der Waals surface area contributed by atoms with Gasteiger partial charge < -0.3 is 9.38 Å². The summed E-state index contributed by atoms with van der Waals surface area (Å²) in [6.45, 7) is -0.0113. The summed E-state index contributed by atoms with van der Waals surface area (Å²) in [6, 6.07) is 60.4. The van der Waals surface area contributed by atoms with Gasteiger partial charge in [-0.25, -0.2) is 0 Å². The number of hydrogen-bond acceptors (Lipinski definition) is 2. The van der Waals surface area contributed by atoms with Gasteiger partial charge >= 0.3 is 6.85 Å². The number of nitrogens with zero attached hydrogens (tertiary/aromatic N) is 2. The highest BCUT2D eigenvalue weighted by Gasteiger charge is 2.54. The molecule has 0 N–H and O–H groups in total. The average molecular weight is 919 g/mol. The quantitative estimate of drug-likeness (QED) is 0.160. The minimum Gasteiger partial charge on any atom is -0.376 e. The van der Waals surface area contributed by atoms with Crippen molar-refractivity contribution in [1.29, 1.82) is 0 Å². The van der Waals surface area contributed by atoms with Crippen molar-refractivity contribution in [1.82, 2.24) is 4.57 Å². The molecule has 338 valence electrons. The molecule has 8 aliphatic carbocycles. The van der Waals surface area contributed by atoms with Gasteiger partial charge in [-0.15, -0.1) is 11.3 Å². The lowest BCUT2D eigenvalue weighted by Gasteiger charge is -2.57. The molecule has 0 amide bonds. The topological polar surface area (TPSA) is 8.17 Å². The van der Waals surface area contributed by atoms with E-state index in [-0.39, 0.29) is 12.3 Å². The fraction of sp³-hybridized carbons (Fsp3) is 0.303. The van der Waals surface area contributed by atoms with Crippen LogP contribution >= 0.6 is 11.3 Å². The first kappa shape index (κ1) is 38.6. The normalized spacial score (nSPS) is 28.5. The Hall–Kier alpha value is -6.10. The van der Waals surface area contributed by atoms with Gasteiger partial charge in [-0.1, -0.05) is 97.1 Å². The molecule has 0 radical (unpaired) electrons. The summed E-state index contributed by atoms with van der Waals surface area (Å²) in [4.78, 5) is 2.82. The number of fused-ring (bicyclic) bond motifs is 13. The predicted octanol–water partition coefficient (Wildman–Crippen LogP) is 16.1. The largest absolute Gasteiger partial charge is 0.376 e. The molecular formula is C66H55BN2S. The molecule has 70 heavy (non-hydrogen) atoms. The first-order chi connectivity index (χ1) is 34.5. The van der Waals surface area contributed by atoms with Gasteiger partial charge in [0.15, 0.2) is 0 Å². The van der Waals surface area contributed by atoms with Gasteiger partial charge in [0.05, 0.1) is 16.7 Å². The number of hydrogen-bond donors (Lipinski definition) is 0. The van der Waals surface area contributed by atoms with E-state index in [1.807, 2.05) is 11.3 Å². The van der Waals surface area contributed by atoms with E-state index in [0.29, 0.717) is 5.41 Å². The minimum atomic E-state index is -0.0113. The molecular weight excluding hydrogens is 864 g/mol. The van der Waals surface area contributed by atoms with E-state index in [9.17, 15) is 0 Å². The molecule has 0 atom stereocenters. The van der Waals surface area contributed by atoms with E-state index in [4.69, 9.17) is 0 Å². The van der Waals surface area contributed by atoms with Gasteiger partial charge in [0, 0.05) is 53.3 Å². The SMILES string of the molecule is c1ccc(-c2ccc(N3B4c5c(cc6ccccc6c5-n5c6ccc(C78CC9CC(CC(C9)C7)C8)cc6c6cc(C78CC9CC(CC(C9)C7)C8)cc4c65)-c4c3ccc3sc5ccccc5c43)cc2)cc1. The van der Waals surface area contributed by atoms with Crippen LogP contribution in [0.4, 0.5) is 11.4 Å². The summed E-state index contributed by atoms with van der Waals surface area (Å²) in [5.41, 5.74) is 19.0. The van der Waals surface area contributed by atoms with Crippen LogP contribution in [0.2, 0.25) is 0 Å². The second-order valence-corrected chi connectivity index (χ2v) is 25.5. The van der Waals surface area contributed by atoms with E-state index in [1.165, 1.54) is 180 Å². The Balaban J connectivity index is 0.980. The molecule has 2 nitrogen and oxygen atoms in total. The molecule has 10 aliphatic rings. The lowest BCUT2D eigenvalue weighted by molar-refractivity contribution is -0.00526. The van der Waals surface area contributed by atoms with Crippen LogP contribution in [0.1, 0.15) is 88.2 Å². The highest BCUT2D eigenvalue weighted by molar-refractivity contribution is 7.26. The summed E-state index contributed by atoms with van der Waals surface area (Å²) in [5, 5.41) is 8.46. The Bertz CT molecular complexity index is 3860. The minimum absolute atomic E-state index is 0.0113. The highest BCUT2D eigenvalue weighted by atomic mass is 32.1. The Kier molecular flexibility index (Phi) is 7.42. The molecule has 2 aliphatic heterocycles. The third kappa shape index (κ3) is 5.02. The summed E-state index contributed by atoms with van der Waals surface area (Å²) < 4.78 is 5.55. The van der Waals surface area contributed by atoms with Crippen molar-refractivity contribution in [3.05, 3.63) is 163 Å². The lowest BCUT2D eigenvalue weighted by Crippen LogP contribution is -2.61. The number of rotatable bonds is 4. The molecule has 10 aromatic rings. The van der Waals surface area contributed by atoms with Crippen molar-refractivity contribution in [2.45, 2.75) is 87.9 Å². The fourth-order valence-corrected chi connectivity index (χ4v) is 19.9. The van der Waals surface area contributed by atoms with E-state index in [2.05, 4.69) is 161 Å². The van der Waals surface area contributed by atoms with Gasteiger partial charge in [-0.2, -0.15) is 0 Å². The van der Waals surface area contributed by atoms with Crippen LogP contribution < -0.4 is 15.7 Å². The molecule has 4 heteroatoms. The van der Waals surface area contributed by atoms with E-state index < -0.39 is 0 Å². The highest BCUT2D eigenvalue weighted by Crippen LogP contribution is 2.63. The van der Waals surface area contributed by atoms with Gasteiger partial charge in [-0.05, 0) is 222 Å². The second-order valence-electron chi connectivity index (χ2n) is 24.4. The summed E-state index contributed by atoms with van der Waals surface area (Å²) >= 11 is 1.95. The Morgan fingerprint density at radius 3 is 1.81 bits per heavy atom. The summed E-state index contributed by atoms with van der Waals surface area (Å²) in [6.07, 6.45) is 17.1. The van der Waals surface area contributed by atoms with Gasteiger partial charge in [0.2, 0.25) is 0 Å². The first-order valence-electron chi connectivity index (χ1n) is 27.1. The van der Waals surface area contributed by atoms with Gasteiger partial charge in [0.25, 0.3) is 0 Å². The maximum absolute atomic E-state index is 2.83. The Labute approximate surface area is 414 Å². The van der Waals surface area contributed by atoms with Gasteiger partial charge in [-0.3, -0.25) is 0 Å². The van der Waals surface area contributed by atoms with Crippen molar-refractivity contribution >= 4 is 93.2 Å². The molecule has 8 bridgehead atoms.